The van der Waals surface area contributed by atoms with E-state index in [1.54, 1.807) is 19.1 Å². The van der Waals surface area contributed by atoms with Crippen molar-refractivity contribution < 1.29 is 19.2 Å². The maximum absolute atomic E-state index is 12.8. The Morgan fingerprint density at radius 2 is 1.93 bits per heavy atom. The van der Waals surface area contributed by atoms with Crippen molar-refractivity contribution in [2.24, 2.45) is 5.92 Å². The minimum Gasteiger partial charge on any atom is -0.465 e. The fourth-order valence-corrected chi connectivity index (χ4v) is 3.48. The summed E-state index contributed by atoms with van der Waals surface area (Å²) in [6.45, 7) is 1.84. The molecule has 29 heavy (non-hydrogen) atoms. The summed E-state index contributed by atoms with van der Waals surface area (Å²) in [5, 5.41) is 11.2. The van der Waals surface area contributed by atoms with Crippen molar-refractivity contribution in [1.29, 1.82) is 0 Å². The van der Waals surface area contributed by atoms with Crippen LogP contribution in [0.25, 0.3) is 6.08 Å². The quantitative estimate of drug-likeness (QED) is 0.314. The highest BCUT2D eigenvalue weighted by Crippen LogP contribution is 2.38. The van der Waals surface area contributed by atoms with Crippen LogP contribution in [0.15, 0.2) is 72.3 Å². The molecule has 2 atom stereocenters. The number of ketones is 1. The lowest BCUT2D eigenvalue weighted by Gasteiger charge is -2.28. The number of ether oxygens (including phenoxy) is 1. The topological polar surface area (TPSA) is 86.5 Å². The Kier molecular flexibility index (Phi) is 6.34. The highest BCUT2D eigenvalue weighted by atomic mass is 16.6. The van der Waals surface area contributed by atoms with Gasteiger partial charge in [0.15, 0.2) is 5.78 Å². The molecule has 0 saturated carbocycles. The second-order valence-electron chi connectivity index (χ2n) is 6.76. The molecule has 0 fully saturated rings. The van der Waals surface area contributed by atoms with Crippen LogP contribution in [-0.2, 0) is 14.3 Å². The molecule has 0 aliphatic heterocycles. The van der Waals surface area contributed by atoms with E-state index in [9.17, 15) is 19.7 Å². The second kappa shape index (κ2) is 9.10. The van der Waals surface area contributed by atoms with Crippen molar-refractivity contribution in [1.82, 2.24) is 0 Å². The van der Waals surface area contributed by atoms with Crippen LogP contribution in [0.4, 0.5) is 5.69 Å². The van der Waals surface area contributed by atoms with E-state index in [0.29, 0.717) is 12.0 Å². The Balaban J connectivity index is 1.96. The number of nitro groups is 1. The second-order valence-corrected chi connectivity index (χ2v) is 6.76. The van der Waals surface area contributed by atoms with Crippen molar-refractivity contribution >= 4 is 23.5 Å². The molecule has 2 aromatic rings. The van der Waals surface area contributed by atoms with Gasteiger partial charge < -0.3 is 4.74 Å². The number of hydrogen-bond donors (Lipinski definition) is 0. The molecule has 0 spiro atoms. The molecule has 2 aromatic carbocycles. The first-order chi connectivity index (χ1) is 14.0. The predicted octanol–water partition coefficient (Wildman–Crippen LogP) is 4.47. The number of esters is 1. The molecule has 6 nitrogen and oxygen atoms in total. The standard InChI is InChI=1S/C23H21NO5/c1-2-29-23(26)22-20(18-9-6-10-19(15-18)24(27)28)13-17(14-21(22)25)12-11-16-7-4-3-5-8-16/h3-12,14-15,20,22H,2,13H2,1H3. The summed E-state index contributed by atoms with van der Waals surface area (Å²) < 4.78 is 5.10. The first kappa shape index (κ1) is 20.2. The third-order valence-corrected chi connectivity index (χ3v) is 4.83. The Hall–Kier alpha value is -3.54. The summed E-state index contributed by atoms with van der Waals surface area (Å²) in [5.74, 6) is -2.48. The molecule has 1 aliphatic carbocycles. The summed E-state index contributed by atoms with van der Waals surface area (Å²) in [7, 11) is 0. The molecule has 0 bridgehead atoms. The number of benzene rings is 2. The van der Waals surface area contributed by atoms with Gasteiger partial charge in [0.05, 0.1) is 11.5 Å². The van der Waals surface area contributed by atoms with Crippen molar-refractivity contribution in [3.8, 4) is 0 Å². The minimum absolute atomic E-state index is 0.0755. The van der Waals surface area contributed by atoms with E-state index in [1.165, 1.54) is 18.2 Å². The van der Waals surface area contributed by atoms with Crippen molar-refractivity contribution in [3.63, 3.8) is 0 Å². The largest absolute Gasteiger partial charge is 0.465 e. The molecule has 1 aliphatic rings. The summed E-state index contributed by atoms with van der Waals surface area (Å²) in [6, 6.07) is 15.7. The van der Waals surface area contributed by atoms with Gasteiger partial charge in [-0.3, -0.25) is 19.7 Å². The van der Waals surface area contributed by atoms with E-state index >= 15 is 0 Å². The average molecular weight is 391 g/mol. The molecule has 0 saturated heterocycles. The van der Waals surface area contributed by atoms with E-state index in [1.807, 2.05) is 42.5 Å². The molecule has 0 amide bonds. The van der Waals surface area contributed by atoms with Gasteiger partial charge in [0.2, 0.25) is 0 Å². The number of carbonyl (C=O) groups excluding carboxylic acids is 2. The van der Waals surface area contributed by atoms with Crippen LogP contribution in [0.5, 0.6) is 0 Å². The normalized spacial score (nSPS) is 19.1. The first-order valence-corrected chi connectivity index (χ1v) is 9.38. The SMILES string of the molecule is CCOC(=O)C1C(=O)C=C(C=Cc2ccccc2)CC1c1cccc([N+](=O)[O-])c1. The van der Waals surface area contributed by atoms with Crippen LogP contribution in [0, 0.1) is 16.0 Å². The average Bonchev–Trinajstić information content (AvgIpc) is 2.72. The summed E-state index contributed by atoms with van der Waals surface area (Å²) >= 11 is 0. The van der Waals surface area contributed by atoms with E-state index < -0.39 is 22.7 Å². The molecule has 0 aromatic heterocycles. The third-order valence-electron chi connectivity index (χ3n) is 4.83. The van der Waals surface area contributed by atoms with Crippen LogP contribution in [-0.4, -0.2) is 23.3 Å². The smallest absolute Gasteiger partial charge is 0.317 e. The molecular formula is C23H21NO5. The van der Waals surface area contributed by atoms with Gasteiger partial charge >= 0.3 is 5.97 Å². The van der Waals surface area contributed by atoms with Gasteiger partial charge in [0, 0.05) is 18.1 Å². The Bertz CT molecular complexity index is 978. The van der Waals surface area contributed by atoms with Crippen molar-refractivity contribution in [2.45, 2.75) is 19.3 Å². The van der Waals surface area contributed by atoms with Gasteiger partial charge in [0.1, 0.15) is 5.92 Å². The molecule has 3 rings (SSSR count). The zero-order chi connectivity index (χ0) is 20.8. The van der Waals surface area contributed by atoms with Crippen LogP contribution in [0.3, 0.4) is 0 Å². The summed E-state index contributed by atoms with van der Waals surface area (Å²) in [4.78, 5) is 35.9. The van der Waals surface area contributed by atoms with Crippen LogP contribution < -0.4 is 0 Å². The maximum Gasteiger partial charge on any atom is 0.317 e. The molecule has 0 heterocycles. The number of hydrogen-bond acceptors (Lipinski definition) is 5. The number of carbonyl (C=O) groups is 2. The number of allylic oxidation sites excluding steroid dienone is 3. The summed E-state index contributed by atoms with van der Waals surface area (Å²) in [6.07, 6.45) is 5.61. The lowest BCUT2D eigenvalue weighted by molar-refractivity contribution is -0.384. The fourth-order valence-electron chi connectivity index (χ4n) is 3.48. The first-order valence-electron chi connectivity index (χ1n) is 9.38. The lowest BCUT2D eigenvalue weighted by Crippen LogP contribution is -2.34. The highest BCUT2D eigenvalue weighted by Gasteiger charge is 2.39. The minimum atomic E-state index is -1.01. The van der Waals surface area contributed by atoms with Gasteiger partial charge in [-0.15, -0.1) is 0 Å². The zero-order valence-corrected chi connectivity index (χ0v) is 16.0. The Labute approximate surface area is 168 Å². The van der Waals surface area contributed by atoms with Gasteiger partial charge in [0.25, 0.3) is 5.69 Å². The number of rotatable bonds is 6. The van der Waals surface area contributed by atoms with Crippen LogP contribution >= 0.6 is 0 Å². The van der Waals surface area contributed by atoms with Crippen molar-refractivity contribution in [2.75, 3.05) is 6.61 Å². The van der Waals surface area contributed by atoms with E-state index in [-0.39, 0.29) is 18.1 Å². The number of nitro benzene ring substituents is 1. The van der Waals surface area contributed by atoms with Crippen LogP contribution in [0.2, 0.25) is 0 Å². The lowest BCUT2D eigenvalue weighted by atomic mass is 9.74. The molecule has 2 unspecified atom stereocenters. The zero-order valence-electron chi connectivity index (χ0n) is 16.0. The Morgan fingerprint density at radius 1 is 1.17 bits per heavy atom. The molecule has 6 heteroatoms. The molecule has 148 valence electrons. The van der Waals surface area contributed by atoms with E-state index in [2.05, 4.69) is 0 Å². The monoisotopic (exact) mass is 391 g/mol. The van der Waals surface area contributed by atoms with Crippen molar-refractivity contribution in [3.05, 3.63) is 93.6 Å². The summed E-state index contributed by atoms with van der Waals surface area (Å²) in [5.41, 5.74) is 2.24. The van der Waals surface area contributed by atoms with Gasteiger partial charge in [-0.25, -0.2) is 0 Å². The third kappa shape index (κ3) is 4.85. The number of nitrogens with zero attached hydrogens (tertiary/aromatic N) is 1. The highest BCUT2D eigenvalue weighted by molar-refractivity contribution is 6.07. The Morgan fingerprint density at radius 3 is 2.62 bits per heavy atom. The van der Waals surface area contributed by atoms with E-state index in [0.717, 1.165) is 11.1 Å². The number of non-ortho nitro benzene ring substituents is 1. The van der Waals surface area contributed by atoms with Crippen LogP contribution in [0.1, 0.15) is 30.4 Å². The molecule has 0 radical (unpaired) electrons. The fraction of sp³-hybridized carbons (Fsp3) is 0.217. The predicted molar refractivity (Wildman–Crippen MR) is 109 cm³/mol. The maximum atomic E-state index is 12.8. The van der Waals surface area contributed by atoms with Gasteiger partial charge in [-0.1, -0.05) is 54.6 Å². The molecule has 0 N–H and O–H groups in total. The van der Waals surface area contributed by atoms with Gasteiger partial charge in [-0.05, 0) is 36.1 Å². The van der Waals surface area contributed by atoms with E-state index in [4.69, 9.17) is 4.74 Å². The molecular weight excluding hydrogens is 370 g/mol. The van der Waals surface area contributed by atoms with Gasteiger partial charge in [-0.2, -0.15) is 0 Å².